The number of hydrogen-bond acceptors (Lipinski definition) is 2. The molecule has 3 heteroatoms. The van der Waals surface area contributed by atoms with Crippen molar-refractivity contribution in [3.05, 3.63) is 70.2 Å². The van der Waals surface area contributed by atoms with Crippen LogP contribution in [0.3, 0.4) is 0 Å². The van der Waals surface area contributed by atoms with Crippen molar-refractivity contribution in [2.24, 2.45) is 0 Å². The average molecular weight is 284 g/mol. The number of nitrogens with zero attached hydrogens (tertiary/aromatic N) is 1. The van der Waals surface area contributed by atoms with E-state index in [1.54, 1.807) is 18.2 Å². The van der Waals surface area contributed by atoms with Gasteiger partial charge in [-0.1, -0.05) is 48.0 Å². The molecule has 0 fully saturated rings. The smallest absolute Gasteiger partial charge is 0.113 e. The van der Waals surface area contributed by atoms with Gasteiger partial charge in [-0.2, -0.15) is 5.26 Å². The molecule has 1 N–H and O–H groups in total. The quantitative estimate of drug-likeness (QED) is 0.911. The second-order valence-electron chi connectivity index (χ2n) is 5.20. The minimum absolute atomic E-state index is 0.570. The van der Waals surface area contributed by atoms with Gasteiger partial charge in [0.2, 0.25) is 0 Å². The molecule has 2 aromatic carbocycles. The molecule has 0 amide bonds. The van der Waals surface area contributed by atoms with Crippen LogP contribution in [0.25, 0.3) is 0 Å². The van der Waals surface area contributed by atoms with Crippen molar-refractivity contribution in [1.82, 2.24) is 0 Å². The molecule has 0 aliphatic heterocycles. The fourth-order valence-electron chi connectivity index (χ4n) is 3.06. The molecular formula is C17H14ClNO. The van der Waals surface area contributed by atoms with Crippen LogP contribution in [0, 0.1) is 11.3 Å². The molecule has 0 radical (unpaired) electrons. The summed E-state index contributed by atoms with van der Waals surface area (Å²) in [7, 11) is 0. The molecule has 0 aromatic heterocycles. The molecule has 1 aliphatic rings. The summed E-state index contributed by atoms with van der Waals surface area (Å²) in [6, 6.07) is 17.3. The largest absolute Gasteiger partial charge is 0.386 e. The molecular weight excluding hydrogens is 270 g/mol. The van der Waals surface area contributed by atoms with Crippen LogP contribution in [0.5, 0.6) is 0 Å². The summed E-state index contributed by atoms with van der Waals surface area (Å²) >= 11 is 5.99. The highest BCUT2D eigenvalue weighted by molar-refractivity contribution is 6.30. The average Bonchev–Trinajstić information content (AvgIpc) is 2.86. The van der Waals surface area contributed by atoms with Gasteiger partial charge < -0.3 is 5.11 Å². The maximum Gasteiger partial charge on any atom is 0.113 e. The van der Waals surface area contributed by atoms with Gasteiger partial charge in [-0.15, -0.1) is 0 Å². The maximum atomic E-state index is 10.8. The SMILES string of the molecule is N#CC1(C(O)c2cccc(Cl)c2)CCc2ccccc21. The topological polar surface area (TPSA) is 44.0 Å². The molecule has 0 saturated heterocycles. The van der Waals surface area contributed by atoms with E-state index in [0.717, 1.165) is 17.5 Å². The lowest BCUT2D eigenvalue weighted by atomic mass is 9.75. The third kappa shape index (κ3) is 1.91. The fourth-order valence-corrected chi connectivity index (χ4v) is 3.26. The highest BCUT2D eigenvalue weighted by Gasteiger charge is 2.45. The van der Waals surface area contributed by atoms with Crippen LogP contribution >= 0.6 is 11.6 Å². The van der Waals surface area contributed by atoms with Gasteiger partial charge in [-0.3, -0.25) is 0 Å². The van der Waals surface area contributed by atoms with Crippen LogP contribution in [0.15, 0.2) is 48.5 Å². The van der Waals surface area contributed by atoms with Crippen LogP contribution < -0.4 is 0 Å². The summed E-state index contributed by atoms with van der Waals surface area (Å²) in [5.74, 6) is 0. The number of rotatable bonds is 2. The van der Waals surface area contributed by atoms with Crippen LogP contribution in [-0.2, 0) is 11.8 Å². The lowest BCUT2D eigenvalue weighted by Gasteiger charge is -2.28. The second-order valence-corrected chi connectivity index (χ2v) is 5.63. The van der Waals surface area contributed by atoms with Gasteiger partial charge in [-0.25, -0.2) is 0 Å². The van der Waals surface area contributed by atoms with Crippen LogP contribution in [0.2, 0.25) is 5.02 Å². The Bertz CT molecular complexity index is 691. The number of aryl methyl sites for hydroxylation is 1. The van der Waals surface area contributed by atoms with Crippen molar-refractivity contribution in [2.45, 2.75) is 24.4 Å². The van der Waals surface area contributed by atoms with Crippen molar-refractivity contribution in [1.29, 1.82) is 5.26 Å². The van der Waals surface area contributed by atoms with E-state index in [-0.39, 0.29) is 0 Å². The first-order valence-corrected chi connectivity index (χ1v) is 6.98. The molecule has 0 saturated carbocycles. The zero-order chi connectivity index (χ0) is 14.2. The number of halogens is 1. The van der Waals surface area contributed by atoms with Crippen molar-refractivity contribution in [3.8, 4) is 6.07 Å². The van der Waals surface area contributed by atoms with E-state index in [1.165, 1.54) is 0 Å². The van der Waals surface area contributed by atoms with Crippen LogP contribution in [-0.4, -0.2) is 5.11 Å². The Morgan fingerprint density at radius 1 is 1.20 bits per heavy atom. The third-order valence-electron chi connectivity index (χ3n) is 4.12. The highest BCUT2D eigenvalue weighted by atomic mass is 35.5. The van der Waals surface area contributed by atoms with Crippen molar-refractivity contribution in [2.75, 3.05) is 0 Å². The molecule has 0 heterocycles. The zero-order valence-corrected chi connectivity index (χ0v) is 11.6. The molecule has 2 unspecified atom stereocenters. The van der Waals surface area contributed by atoms with E-state index in [2.05, 4.69) is 6.07 Å². The predicted molar refractivity (Wildman–Crippen MR) is 78.5 cm³/mol. The first kappa shape index (κ1) is 13.2. The van der Waals surface area contributed by atoms with E-state index in [9.17, 15) is 10.4 Å². The van der Waals surface area contributed by atoms with Gasteiger partial charge in [0.05, 0.1) is 6.07 Å². The Morgan fingerprint density at radius 2 is 2.00 bits per heavy atom. The van der Waals surface area contributed by atoms with Crippen molar-refractivity contribution >= 4 is 11.6 Å². The summed E-state index contributed by atoms with van der Waals surface area (Å²) in [6.07, 6.45) is 0.590. The first-order valence-electron chi connectivity index (χ1n) is 6.60. The van der Waals surface area contributed by atoms with Gasteiger partial charge in [0.25, 0.3) is 0 Å². The van der Waals surface area contributed by atoms with E-state index >= 15 is 0 Å². The van der Waals surface area contributed by atoms with Gasteiger partial charge in [0.1, 0.15) is 11.5 Å². The van der Waals surface area contributed by atoms with Crippen LogP contribution in [0.4, 0.5) is 0 Å². The highest BCUT2D eigenvalue weighted by Crippen LogP contribution is 2.47. The summed E-state index contributed by atoms with van der Waals surface area (Å²) in [5.41, 5.74) is 1.90. The summed E-state index contributed by atoms with van der Waals surface area (Å²) in [5, 5.41) is 21.1. The molecule has 0 spiro atoms. The Kier molecular flexibility index (Phi) is 3.25. The molecule has 2 nitrogen and oxygen atoms in total. The number of aliphatic hydroxyl groups is 1. The minimum atomic E-state index is -0.874. The van der Waals surface area contributed by atoms with E-state index < -0.39 is 11.5 Å². The van der Waals surface area contributed by atoms with Crippen molar-refractivity contribution < 1.29 is 5.11 Å². The Labute approximate surface area is 123 Å². The third-order valence-corrected chi connectivity index (χ3v) is 4.35. The molecule has 2 aromatic rings. The monoisotopic (exact) mass is 283 g/mol. The molecule has 100 valence electrons. The first-order chi connectivity index (χ1) is 9.67. The summed E-state index contributed by atoms with van der Waals surface area (Å²) in [6.45, 7) is 0. The number of aliphatic hydroxyl groups excluding tert-OH is 1. The molecule has 1 aliphatic carbocycles. The van der Waals surface area contributed by atoms with Gasteiger partial charge >= 0.3 is 0 Å². The number of fused-ring (bicyclic) bond motifs is 1. The summed E-state index contributed by atoms with van der Waals surface area (Å²) < 4.78 is 0. The minimum Gasteiger partial charge on any atom is -0.386 e. The van der Waals surface area contributed by atoms with Gasteiger partial charge in [0, 0.05) is 5.02 Å². The Morgan fingerprint density at radius 3 is 2.75 bits per heavy atom. The lowest BCUT2D eigenvalue weighted by Crippen LogP contribution is -2.29. The zero-order valence-electron chi connectivity index (χ0n) is 10.9. The van der Waals surface area contributed by atoms with Crippen LogP contribution in [0.1, 0.15) is 29.2 Å². The normalized spacial score (nSPS) is 22.1. The van der Waals surface area contributed by atoms with E-state index in [4.69, 9.17) is 11.6 Å². The summed E-state index contributed by atoms with van der Waals surface area (Å²) in [4.78, 5) is 0. The fraction of sp³-hybridized carbons (Fsp3) is 0.235. The predicted octanol–water partition coefficient (Wildman–Crippen LogP) is 3.78. The van der Waals surface area contributed by atoms with Crippen molar-refractivity contribution in [3.63, 3.8) is 0 Å². The molecule has 3 rings (SSSR count). The maximum absolute atomic E-state index is 10.8. The van der Waals surface area contributed by atoms with E-state index in [1.807, 2.05) is 30.3 Å². The Hall–Kier alpha value is -1.82. The molecule has 20 heavy (non-hydrogen) atoms. The Balaban J connectivity index is 2.10. The second kappa shape index (κ2) is 4.94. The molecule has 0 bridgehead atoms. The number of benzene rings is 2. The van der Waals surface area contributed by atoms with E-state index in [0.29, 0.717) is 17.0 Å². The van der Waals surface area contributed by atoms with Gasteiger partial charge in [-0.05, 0) is 41.7 Å². The van der Waals surface area contributed by atoms with Gasteiger partial charge in [0.15, 0.2) is 0 Å². The molecule has 2 atom stereocenters. The number of hydrogen-bond donors (Lipinski definition) is 1. The number of nitriles is 1. The standard InChI is InChI=1S/C17H14ClNO/c18-14-6-3-5-13(10-14)16(20)17(11-19)9-8-12-4-1-2-7-15(12)17/h1-7,10,16,20H,8-9H2. The lowest BCUT2D eigenvalue weighted by molar-refractivity contribution is 0.111.